The van der Waals surface area contributed by atoms with Gasteiger partial charge in [-0.2, -0.15) is 0 Å². The predicted molar refractivity (Wildman–Crippen MR) is 88.8 cm³/mol. The number of hydrogen-bond acceptors (Lipinski definition) is 4. The molecule has 0 unspecified atom stereocenters. The average molecular weight is 309 g/mol. The number of anilines is 1. The van der Waals surface area contributed by atoms with Gasteiger partial charge in [0.1, 0.15) is 17.3 Å². The van der Waals surface area contributed by atoms with Crippen LogP contribution in [0, 0.1) is 11.8 Å². The van der Waals surface area contributed by atoms with Crippen molar-refractivity contribution in [3.8, 4) is 11.8 Å². The number of para-hydroxylation sites is 1. The van der Waals surface area contributed by atoms with Gasteiger partial charge in [-0.1, -0.05) is 35.6 Å². The number of pyridine rings is 1. The molecule has 0 aliphatic rings. The van der Waals surface area contributed by atoms with Crippen molar-refractivity contribution < 1.29 is 0 Å². The van der Waals surface area contributed by atoms with Crippen LogP contribution in [0.25, 0.3) is 10.9 Å². The Morgan fingerprint density at radius 1 is 1.09 bits per heavy atom. The van der Waals surface area contributed by atoms with Crippen molar-refractivity contribution in [3.05, 3.63) is 59.6 Å². The van der Waals surface area contributed by atoms with E-state index in [1.165, 1.54) is 0 Å². The molecule has 0 aliphatic heterocycles. The van der Waals surface area contributed by atoms with Gasteiger partial charge in [-0.15, -0.1) is 0 Å². The van der Waals surface area contributed by atoms with Crippen LogP contribution in [0.15, 0.2) is 48.9 Å². The lowest BCUT2D eigenvalue weighted by Crippen LogP contribution is -2.03. The summed E-state index contributed by atoms with van der Waals surface area (Å²) in [5, 5.41) is 4.76. The zero-order valence-corrected chi connectivity index (χ0v) is 12.5. The summed E-state index contributed by atoms with van der Waals surface area (Å²) in [7, 11) is 0. The Kier molecular flexibility index (Phi) is 4.47. The van der Waals surface area contributed by atoms with Crippen molar-refractivity contribution in [1.82, 2.24) is 15.0 Å². The summed E-state index contributed by atoms with van der Waals surface area (Å²) in [6.45, 7) is 0.715. The Morgan fingerprint density at radius 2 is 2.00 bits per heavy atom. The van der Waals surface area contributed by atoms with Crippen LogP contribution in [0.5, 0.6) is 0 Å². The van der Waals surface area contributed by atoms with Crippen LogP contribution in [0.4, 0.5) is 5.82 Å². The quantitative estimate of drug-likeness (QED) is 0.457. The monoisotopic (exact) mass is 308 g/mol. The molecule has 4 nitrogen and oxygen atoms in total. The van der Waals surface area contributed by atoms with E-state index in [1.54, 1.807) is 18.6 Å². The number of nitrogens with zero attached hydrogens (tertiary/aromatic N) is 3. The van der Waals surface area contributed by atoms with Crippen molar-refractivity contribution in [2.75, 3.05) is 11.9 Å². The zero-order chi connectivity index (χ0) is 15.2. The lowest BCUT2D eigenvalue weighted by atomic mass is 10.2. The summed E-state index contributed by atoms with van der Waals surface area (Å²) in [5.41, 5.74) is 1.80. The van der Waals surface area contributed by atoms with Gasteiger partial charge in [-0.25, -0.2) is 15.0 Å². The smallest absolute Gasteiger partial charge is 0.137 e. The average Bonchev–Trinajstić information content (AvgIpc) is 2.55. The molecular formula is C17H13ClN4. The molecule has 1 N–H and O–H groups in total. The lowest BCUT2D eigenvalue weighted by molar-refractivity contribution is 1.07. The maximum Gasteiger partial charge on any atom is 0.137 e. The van der Waals surface area contributed by atoms with Crippen molar-refractivity contribution in [2.24, 2.45) is 0 Å². The highest BCUT2D eigenvalue weighted by Gasteiger charge is 2.00. The van der Waals surface area contributed by atoms with E-state index < -0.39 is 0 Å². The van der Waals surface area contributed by atoms with Crippen LogP contribution >= 0.6 is 11.6 Å². The van der Waals surface area contributed by atoms with E-state index in [2.05, 4.69) is 32.1 Å². The van der Waals surface area contributed by atoms with Crippen molar-refractivity contribution in [3.63, 3.8) is 0 Å². The fourth-order valence-electron chi connectivity index (χ4n) is 2.03. The SMILES string of the molecule is Clc1cc(C#CCCNc2ncnc3ccccc23)ccn1. The molecule has 3 aromatic rings. The molecule has 5 heteroatoms. The summed E-state index contributed by atoms with van der Waals surface area (Å²) in [6.07, 6.45) is 3.92. The normalized spacial score (nSPS) is 10.0. The van der Waals surface area contributed by atoms with Gasteiger partial charge in [0.25, 0.3) is 0 Å². The van der Waals surface area contributed by atoms with Gasteiger partial charge in [0, 0.05) is 30.1 Å². The molecule has 0 amide bonds. The van der Waals surface area contributed by atoms with Gasteiger partial charge < -0.3 is 5.32 Å². The molecule has 2 aromatic heterocycles. The first-order valence-electron chi connectivity index (χ1n) is 6.87. The summed E-state index contributed by atoms with van der Waals surface area (Å²) in [5.74, 6) is 7.00. The molecular weight excluding hydrogens is 296 g/mol. The van der Waals surface area contributed by atoms with E-state index in [0.717, 1.165) is 22.3 Å². The fourth-order valence-corrected chi connectivity index (χ4v) is 2.21. The molecule has 0 fully saturated rings. The summed E-state index contributed by atoms with van der Waals surface area (Å²) < 4.78 is 0. The predicted octanol–water partition coefficient (Wildman–Crippen LogP) is 3.53. The van der Waals surface area contributed by atoms with Crippen LogP contribution in [0.2, 0.25) is 5.15 Å². The highest BCUT2D eigenvalue weighted by Crippen LogP contribution is 2.17. The highest BCUT2D eigenvalue weighted by atomic mass is 35.5. The van der Waals surface area contributed by atoms with Crippen LogP contribution in [-0.4, -0.2) is 21.5 Å². The minimum atomic E-state index is 0.456. The number of aromatic nitrogens is 3. The first-order chi connectivity index (χ1) is 10.8. The van der Waals surface area contributed by atoms with E-state index in [-0.39, 0.29) is 0 Å². The van der Waals surface area contributed by atoms with Crippen LogP contribution in [-0.2, 0) is 0 Å². The molecule has 0 atom stereocenters. The first kappa shape index (κ1) is 14.3. The van der Waals surface area contributed by atoms with Crippen molar-refractivity contribution >= 4 is 28.3 Å². The van der Waals surface area contributed by atoms with E-state index >= 15 is 0 Å². The van der Waals surface area contributed by atoms with E-state index in [0.29, 0.717) is 18.1 Å². The van der Waals surface area contributed by atoms with Gasteiger partial charge in [0.2, 0.25) is 0 Å². The Labute approximate surface area is 133 Å². The first-order valence-corrected chi connectivity index (χ1v) is 7.25. The van der Waals surface area contributed by atoms with Gasteiger partial charge in [-0.05, 0) is 24.3 Å². The molecule has 0 radical (unpaired) electrons. The maximum absolute atomic E-state index is 5.82. The van der Waals surface area contributed by atoms with Gasteiger partial charge in [0.05, 0.1) is 5.52 Å². The van der Waals surface area contributed by atoms with Crippen LogP contribution < -0.4 is 5.32 Å². The van der Waals surface area contributed by atoms with Crippen LogP contribution in [0.1, 0.15) is 12.0 Å². The Bertz CT molecular complexity index is 846. The fraction of sp³-hybridized carbons (Fsp3) is 0.118. The second-order valence-corrected chi connectivity index (χ2v) is 4.97. The van der Waals surface area contributed by atoms with Gasteiger partial charge >= 0.3 is 0 Å². The number of rotatable bonds is 3. The molecule has 1 aromatic carbocycles. The second-order valence-electron chi connectivity index (χ2n) is 4.59. The number of benzene rings is 1. The summed E-state index contributed by atoms with van der Waals surface area (Å²) in [4.78, 5) is 12.4. The minimum absolute atomic E-state index is 0.456. The molecule has 0 saturated heterocycles. The zero-order valence-electron chi connectivity index (χ0n) is 11.8. The standard InChI is InChI=1S/C17H13ClN4/c18-16-11-13(8-10-19-16)5-3-4-9-20-17-14-6-1-2-7-15(14)21-12-22-17/h1-2,6-8,10-12H,4,9H2,(H,20,21,22). The van der Waals surface area contributed by atoms with Crippen molar-refractivity contribution in [2.45, 2.75) is 6.42 Å². The number of fused-ring (bicyclic) bond motifs is 1. The van der Waals surface area contributed by atoms with Crippen molar-refractivity contribution in [1.29, 1.82) is 0 Å². The molecule has 3 rings (SSSR count). The summed E-state index contributed by atoms with van der Waals surface area (Å²) in [6, 6.07) is 11.5. The maximum atomic E-state index is 5.82. The highest BCUT2D eigenvalue weighted by molar-refractivity contribution is 6.29. The Morgan fingerprint density at radius 3 is 2.91 bits per heavy atom. The van der Waals surface area contributed by atoms with Crippen LogP contribution in [0.3, 0.4) is 0 Å². The Hall–Kier alpha value is -2.64. The third-order valence-corrected chi connectivity index (χ3v) is 3.25. The molecule has 0 aliphatic carbocycles. The molecule has 0 bridgehead atoms. The van der Waals surface area contributed by atoms with Gasteiger partial charge in [0.15, 0.2) is 0 Å². The molecule has 0 saturated carbocycles. The summed E-state index contributed by atoms with van der Waals surface area (Å²) >= 11 is 5.82. The Balaban J connectivity index is 1.62. The molecule has 108 valence electrons. The molecule has 2 heterocycles. The van der Waals surface area contributed by atoms with E-state index in [9.17, 15) is 0 Å². The van der Waals surface area contributed by atoms with Gasteiger partial charge in [-0.3, -0.25) is 0 Å². The molecule has 22 heavy (non-hydrogen) atoms. The number of halogens is 1. The third-order valence-electron chi connectivity index (χ3n) is 3.04. The minimum Gasteiger partial charge on any atom is -0.368 e. The molecule has 0 spiro atoms. The topological polar surface area (TPSA) is 50.7 Å². The lowest BCUT2D eigenvalue weighted by Gasteiger charge is -2.05. The number of hydrogen-bond donors (Lipinski definition) is 1. The second kappa shape index (κ2) is 6.88. The third kappa shape index (κ3) is 3.51. The number of nitrogens with one attached hydrogen (secondary N) is 1. The largest absolute Gasteiger partial charge is 0.368 e. The van der Waals surface area contributed by atoms with E-state index in [4.69, 9.17) is 11.6 Å². The van der Waals surface area contributed by atoms with E-state index in [1.807, 2.05) is 30.3 Å².